The van der Waals surface area contributed by atoms with Gasteiger partial charge in [-0.3, -0.25) is 14.4 Å². The number of hydrogen-bond acceptors (Lipinski definition) is 8. The van der Waals surface area contributed by atoms with Crippen molar-refractivity contribution >= 4 is 28.9 Å². The Kier molecular flexibility index (Phi) is 8.31. The molecule has 2 aromatic carbocycles. The van der Waals surface area contributed by atoms with Crippen molar-refractivity contribution in [1.29, 1.82) is 0 Å². The van der Waals surface area contributed by atoms with Crippen LogP contribution < -0.4 is 14.2 Å². The number of ether oxygens (including phenoxy) is 3. The van der Waals surface area contributed by atoms with Gasteiger partial charge in [-0.1, -0.05) is 6.07 Å². The predicted molar refractivity (Wildman–Crippen MR) is 122 cm³/mol. The van der Waals surface area contributed by atoms with E-state index in [2.05, 4.69) is 4.98 Å². The number of carbonyl (C=O) groups is 3. The van der Waals surface area contributed by atoms with Crippen LogP contribution in [0.5, 0.6) is 23.0 Å². The average molecular weight is 488 g/mol. The van der Waals surface area contributed by atoms with Gasteiger partial charge < -0.3 is 19.3 Å². The predicted octanol–water partition coefficient (Wildman–Crippen LogP) is 4.49. The minimum Gasteiger partial charge on any atom is -0.493 e. The summed E-state index contributed by atoms with van der Waals surface area (Å²) in [5.74, 6) is -0.812. The van der Waals surface area contributed by atoms with Crippen molar-refractivity contribution in [1.82, 2.24) is 4.98 Å². The fourth-order valence-corrected chi connectivity index (χ4v) is 3.98. The number of carboxylic acid groups (broad SMARTS) is 1. The highest BCUT2D eigenvalue weighted by atomic mass is 32.1. The van der Waals surface area contributed by atoms with Crippen LogP contribution in [0.25, 0.3) is 0 Å². The molecule has 0 unspecified atom stereocenters. The number of thiazole rings is 1. The molecule has 3 aromatic rings. The van der Waals surface area contributed by atoms with Crippen LogP contribution in [-0.2, 0) is 22.4 Å². The molecule has 8 nitrogen and oxygen atoms in total. The van der Waals surface area contributed by atoms with Crippen LogP contribution >= 0.6 is 11.3 Å². The quantitative estimate of drug-likeness (QED) is 0.372. The van der Waals surface area contributed by atoms with Crippen LogP contribution in [0.4, 0.5) is 4.39 Å². The zero-order chi connectivity index (χ0) is 24.7. The first-order chi connectivity index (χ1) is 16.3. The molecule has 0 aliphatic rings. The number of aromatic nitrogens is 1. The van der Waals surface area contributed by atoms with E-state index in [0.29, 0.717) is 27.8 Å². The Morgan fingerprint density at radius 1 is 1.00 bits per heavy atom. The monoisotopic (exact) mass is 487 g/mol. The van der Waals surface area contributed by atoms with Crippen molar-refractivity contribution in [2.45, 2.75) is 25.7 Å². The maximum Gasteiger partial charge on any atom is 0.303 e. The molecule has 0 saturated carbocycles. The van der Waals surface area contributed by atoms with Gasteiger partial charge in [-0.25, -0.2) is 9.37 Å². The molecule has 0 aliphatic heterocycles. The summed E-state index contributed by atoms with van der Waals surface area (Å²) in [7, 11) is 2.96. The van der Waals surface area contributed by atoms with Gasteiger partial charge in [-0.05, 0) is 30.3 Å². The first-order valence-corrected chi connectivity index (χ1v) is 11.1. The molecule has 0 atom stereocenters. The number of methoxy groups -OCH3 is 2. The van der Waals surface area contributed by atoms with E-state index in [4.69, 9.17) is 19.3 Å². The van der Waals surface area contributed by atoms with Gasteiger partial charge >= 0.3 is 5.97 Å². The molecular weight excluding hydrogens is 465 g/mol. The van der Waals surface area contributed by atoms with E-state index in [0.717, 1.165) is 11.3 Å². The van der Waals surface area contributed by atoms with E-state index in [1.165, 1.54) is 37.8 Å². The van der Waals surface area contributed by atoms with Crippen molar-refractivity contribution in [3.05, 3.63) is 63.9 Å². The van der Waals surface area contributed by atoms with Gasteiger partial charge in [-0.2, -0.15) is 0 Å². The van der Waals surface area contributed by atoms with Crippen LogP contribution in [-0.4, -0.2) is 41.8 Å². The molecule has 1 N–H and O–H groups in total. The van der Waals surface area contributed by atoms with E-state index in [9.17, 15) is 18.8 Å². The zero-order valence-electron chi connectivity index (χ0n) is 18.5. The molecule has 178 valence electrons. The number of halogens is 1. The van der Waals surface area contributed by atoms with Gasteiger partial charge in [0.15, 0.2) is 17.3 Å². The summed E-state index contributed by atoms with van der Waals surface area (Å²) >= 11 is 1.13. The second-order valence-electron chi connectivity index (χ2n) is 7.18. The lowest BCUT2D eigenvalue weighted by atomic mass is 10.1. The highest BCUT2D eigenvalue weighted by molar-refractivity contribution is 7.09. The second kappa shape index (κ2) is 11.4. The van der Waals surface area contributed by atoms with Crippen molar-refractivity contribution in [2.75, 3.05) is 14.2 Å². The van der Waals surface area contributed by atoms with Gasteiger partial charge in [0, 0.05) is 23.8 Å². The Bertz CT molecular complexity index is 1210. The zero-order valence-corrected chi connectivity index (χ0v) is 19.3. The lowest BCUT2D eigenvalue weighted by Gasteiger charge is -2.15. The number of carbonyl (C=O) groups excluding carboxylic acids is 2. The Morgan fingerprint density at radius 3 is 2.47 bits per heavy atom. The smallest absolute Gasteiger partial charge is 0.303 e. The summed E-state index contributed by atoms with van der Waals surface area (Å²) in [4.78, 5) is 39.5. The number of para-hydroxylation sites is 1. The van der Waals surface area contributed by atoms with Crippen LogP contribution in [0.1, 0.15) is 33.9 Å². The molecule has 0 radical (unpaired) electrons. The highest BCUT2D eigenvalue weighted by Gasteiger charge is 2.18. The molecule has 0 bridgehead atoms. The maximum atomic E-state index is 13.9. The molecule has 1 heterocycles. The van der Waals surface area contributed by atoms with E-state index in [1.54, 1.807) is 18.2 Å². The molecule has 0 aliphatic carbocycles. The third-order valence-corrected chi connectivity index (χ3v) is 5.60. The summed E-state index contributed by atoms with van der Waals surface area (Å²) < 4.78 is 30.5. The molecule has 10 heteroatoms. The fraction of sp³-hybridized carbons (Fsp3) is 0.250. The van der Waals surface area contributed by atoms with Gasteiger partial charge in [0.1, 0.15) is 28.1 Å². The molecule has 3 rings (SSSR count). The number of carboxylic acids is 1. The summed E-state index contributed by atoms with van der Waals surface area (Å²) in [6.07, 6.45) is -0.633. The van der Waals surface area contributed by atoms with Crippen LogP contribution in [0.2, 0.25) is 0 Å². The first-order valence-electron chi connectivity index (χ1n) is 10.2. The molecule has 0 fully saturated rings. The van der Waals surface area contributed by atoms with E-state index in [-0.39, 0.29) is 42.9 Å². The summed E-state index contributed by atoms with van der Waals surface area (Å²) in [6.45, 7) is 0. The number of benzene rings is 2. The Balaban J connectivity index is 1.73. The Labute approximate surface area is 198 Å². The number of ketones is 2. The summed E-state index contributed by atoms with van der Waals surface area (Å²) in [5, 5.41) is 10.6. The SMILES string of the molecule is COc1cccc(Oc2ccc(F)cc2CC(=O)Cc2nc(C(=O)CCC(=O)O)cs2)c1OC. The Hall–Kier alpha value is -3.79. The number of rotatable bonds is 12. The van der Waals surface area contributed by atoms with Gasteiger partial charge in [0.05, 0.1) is 27.1 Å². The molecule has 0 amide bonds. The third-order valence-electron chi connectivity index (χ3n) is 4.75. The van der Waals surface area contributed by atoms with E-state index < -0.39 is 17.6 Å². The van der Waals surface area contributed by atoms with Crippen molar-refractivity contribution in [3.63, 3.8) is 0 Å². The average Bonchev–Trinajstić information content (AvgIpc) is 3.27. The lowest BCUT2D eigenvalue weighted by molar-refractivity contribution is -0.137. The Morgan fingerprint density at radius 2 is 1.76 bits per heavy atom. The number of aliphatic carboxylic acids is 1. The number of Topliss-reactive ketones (excluding diaryl/α,β-unsaturated/α-hetero) is 2. The van der Waals surface area contributed by atoms with Crippen molar-refractivity contribution in [2.24, 2.45) is 0 Å². The summed E-state index contributed by atoms with van der Waals surface area (Å²) in [6, 6.07) is 8.96. The van der Waals surface area contributed by atoms with Crippen LogP contribution in [0.15, 0.2) is 41.8 Å². The highest BCUT2D eigenvalue weighted by Crippen LogP contribution is 2.40. The molecule has 0 saturated heterocycles. The lowest BCUT2D eigenvalue weighted by Crippen LogP contribution is -2.09. The van der Waals surface area contributed by atoms with E-state index in [1.807, 2.05) is 0 Å². The normalized spacial score (nSPS) is 10.6. The second-order valence-corrected chi connectivity index (χ2v) is 8.12. The van der Waals surface area contributed by atoms with Crippen molar-refractivity contribution < 1.29 is 38.1 Å². The topological polar surface area (TPSA) is 112 Å². The minimum absolute atomic E-state index is 0.0602. The molecule has 0 spiro atoms. The minimum atomic E-state index is -1.07. The van der Waals surface area contributed by atoms with Crippen molar-refractivity contribution in [3.8, 4) is 23.0 Å². The van der Waals surface area contributed by atoms with E-state index >= 15 is 0 Å². The maximum absolute atomic E-state index is 13.9. The molecular formula is C24H22FNO7S. The molecule has 1 aromatic heterocycles. The molecule has 34 heavy (non-hydrogen) atoms. The first kappa shape index (κ1) is 24.8. The van der Waals surface area contributed by atoms with Crippen LogP contribution in [0.3, 0.4) is 0 Å². The standard InChI is InChI=1S/C24H22FNO7S/c1-31-20-4-3-5-21(24(20)32-2)33-19-8-6-15(25)10-14(19)11-16(27)12-22-26-17(13-34-22)18(28)7-9-23(29)30/h3-6,8,10,13H,7,9,11-12H2,1-2H3,(H,29,30). The largest absolute Gasteiger partial charge is 0.493 e. The number of hydrogen-bond donors (Lipinski definition) is 1. The van der Waals surface area contributed by atoms with Gasteiger partial charge in [-0.15, -0.1) is 11.3 Å². The third kappa shape index (κ3) is 6.38. The van der Waals surface area contributed by atoms with Gasteiger partial charge in [0.25, 0.3) is 0 Å². The number of nitrogens with zero attached hydrogens (tertiary/aromatic N) is 1. The van der Waals surface area contributed by atoms with Crippen LogP contribution in [0, 0.1) is 5.82 Å². The fourth-order valence-electron chi connectivity index (χ4n) is 3.15. The summed E-state index contributed by atoms with van der Waals surface area (Å²) in [5.41, 5.74) is 0.470. The van der Waals surface area contributed by atoms with Gasteiger partial charge in [0.2, 0.25) is 5.75 Å².